The molecule has 2 aromatic heterocycles. The Morgan fingerprint density at radius 3 is 2.78 bits per heavy atom. The van der Waals surface area contributed by atoms with Crippen LogP contribution in [-0.2, 0) is 17.0 Å². The highest BCUT2D eigenvalue weighted by Crippen LogP contribution is 2.30. The molecular formula is C23H21ClN4O2S2. The molecule has 0 fully saturated rings. The molecule has 4 aromatic rings. The molecule has 4 rings (SSSR count). The quantitative estimate of drug-likeness (QED) is 0.294. The number of thiazole rings is 1. The first-order chi connectivity index (χ1) is 15.5. The number of halogens is 1. The second-order valence-electron chi connectivity index (χ2n) is 7.27. The predicted molar refractivity (Wildman–Crippen MR) is 129 cm³/mol. The lowest BCUT2D eigenvalue weighted by Gasteiger charge is -2.08. The summed E-state index contributed by atoms with van der Waals surface area (Å²) in [5, 5.41) is 9.68. The van der Waals surface area contributed by atoms with Crippen LogP contribution in [-0.4, -0.2) is 21.0 Å². The molecule has 0 unspecified atom stereocenters. The molecule has 0 aliphatic heterocycles. The topological polar surface area (TPSA) is 80.9 Å². The zero-order valence-electron chi connectivity index (χ0n) is 17.6. The van der Waals surface area contributed by atoms with Crippen LogP contribution in [0.3, 0.4) is 0 Å². The number of thioether (sulfide) groups is 1. The molecule has 0 atom stereocenters. The normalized spacial score (nSPS) is 11.0. The van der Waals surface area contributed by atoms with Gasteiger partial charge >= 0.3 is 0 Å². The molecule has 1 amide bonds. The summed E-state index contributed by atoms with van der Waals surface area (Å²) >= 11 is 9.07. The summed E-state index contributed by atoms with van der Waals surface area (Å²) in [6, 6.07) is 13.6. The fraction of sp³-hybridized carbons (Fsp3) is 0.217. The van der Waals surface area contributed by atoms with E-state index in [9.17, 15) is 4.79 Å². The summed E-state index contributed by atoms with van der Waals surface area (Å²) in [6.45, 7) is 3.97. The molecule has 0 saturated carbocycles. The number of nitrogens with one attached hydrogen (secondary N) is 1. The Labute approximate surface area is 199 Å². The van der Waals surface area contributed by atoms with Crippen molar-refractivity contribution in [2.45, 2.75) is 36.8 Å². The molecule has 2 aromatic carbocycles. The van der Waals surface area contributed by atoms with Crippen molar-refractivity contribution >= 4 is 46.3 Å². The minimum atomic E-state index is -0.0784. The molecule has 2 heterocycles. The standard InChI is InChI=1S/C23H21ClN4O2S2/c1-14-3-4-15(2)18(11-14)25-21(29)9-10-22-27-20(28-30-22)13-32-23-26-19(12-31-23)16-5-7-17(24)8-6-16/h3-8,11-12H,9-10,13H2,1-2H3,(H,25,29). The van der Waals surface area contributed by atoms with Crippen molar-refractivity contribution in [1.82, 2.24) is 15.1 Å². The second-order valence-corrected chi connectivity index (χ2v) is 9.78. The molecule has 0 aliphatic rings. The number of aromatic nitrogens is 3. The number of benzene rings is 2. The molecule has 164 valence electrons. The van der Waals surface area contributed by atoms with E-state index in [-0.39, 0.29) is 12.3 Å². The molecule has 0 radical (unpaired) electrons. The average Bonchev–Trinajstić information content (AvgIpc) is 3.43. The molecule has 0 aliphatic carbocycles. The average molecular weight is 485 g/mol. The predicted octanol–water partition coefficient (Wildman–Crippen LogP) is 6.33. The third-order valence-corrected chi connectivity index (χ3v) is 6.96. The van der Waals surface area contributed by atoms with E-state index in [0.29, 0.717) is 28.9 Å². The van der Waals surface area contributed by atoms with Crippen molar-refractivity contribution in [2.24, 2.45) is 0 Å². The van der Waals surface area contributed by atoms with Crippen LogP contribution in [0.4, 0.5) is 5.69 Å². The first-order valence-electron chi connectivity index (χ1n) is 9.99. The molecule has 6 nitrogen and oxygen atoms in total. The van der Waals surface area contributed by atoms with Gasteiger partial charge in [-0.1, -0.05) is 52.8 Å². The van der Waals surface area contributed by atoms with Crippen molar-refractivity contribution < 1.29 is 9.32 Å². The van der Waals surface area contributed by atoms with Crippen LogP contribution in [0.1, 0.15) is 29.3 Å². The van der Waals surface area contributed by atoms with Gasteiger partial charge in [0.1, 0.15) is 0 Å². The Bertz CT molecular complexity index is 1220. The number of hydrogen-bond donors (Lipinski definition) is 1. The van der Waals surface area contributed by atoms with Crippen LogP contribution in [0.5, 0.6) is 0 Å². The minimum absolute atomic E-state index is 0.0784. The Morgan fingerprint density at radius 1 is 1.16 bits per heavy atom. The highest BCUT2D eigenvalue weighted by molar-refractivity contribution is 8.00. The van der Waals surface area contributed by atoms with E-state index in [1.165, 1.54) is 0 Å². The van der Waals surface area contributed by atoms with Gasteiger partial charge in [-0.3, -0.25) is 4.79 Å². The monoisotopic (exact) mass is 484 g/mol. The van der Waals surface area contributed by atoms with E-state index in [2.05, 4.69) is 20.4 Å². The van der Waals surface area contributed by atoms with Crippen LogP contribution in [0, 0.1) is 13.8 Å². The van der Waals surface area contributed by atoms with Gasteiger partial charge in [-0.05, 0) is 43.2 Å². The van der Waals surface area contributed by atoms with Crippen molar-refractivity contribution in [1.29, 1.82) is 0 Å². The van der Waals surface area contributed by atoms with E-state index in [0.717, 1.165) is 32.4 Å². The number of aryl methyl sites for hydroxylation is 3. The summed E-state index contributed by atoms with van der Waals surface area (Å²) in [5.41, 5.74) is 4.91. The van der Waals surface area contributed by atoms with Gasteiger partial charge in [0.15, 0.2) is 10.2 Å². The maximum Gasteiger partial charge on any atom is 0.227 e. The van der Waals surface area contributed by atoms with E-state index in [4.69, 9.17) is 16.1 Å². The van der Waals surface area contributed by atoms with Gasteiger partial charge in [-0.25, -0.2) is 4.98 Å². The van der Waals surface area contributed by atoms with E-state index in [1.807, 2.05) is 61.7 Å². The summed E-state index contributed by atoms with van der Waals surface area (Å²) in [6.07, 6.45) is 0.672. The second kappa shape index (κ2) is 10.3. The molecule has 9 heteroatoms. The van der Waals surface area contributed by atoms with Crippen molar-refractivity contribution in [3.8, 4) is 11.3 Å². The van der Waals surface area contributed by atoms with Crippen molar-refractivity contribution in [2.75, 3.05) is 5.32 Å². The van der Waals surface area contributed by atoms with Gasteiger partial charge in [-0.15, -0.1) is 11.3 Å². The van der Waals surface area contributed by atoms with Crippen LogP contribution in [0.2, 0.25) is 5.02 Å². The third-order valence-electron chi connectivity index (χ3n) is 4.69. The Hall–Kier alpha value is -2.68. The van der Waals surface area contributed by atoms with Gasteiger partial charge in [0.2, 0.25) is 11.8 Å². The lowest BCUT2D eigenvalue weighted by molar-refractivity contribution is -0.116. The third kappa shape index (κ3) is 5.97. The zero-order valence-corrected chi connectivity index (χ0v) is 20.0. The molecule has 32 heavy (non-hydrogen) atoms. The summed E-state index contributed by atoms with van der Waals surface area (Å²) in [4.78, 5) is 21.3. The van der Waals surface area contributed by atoms with Crippen molar-refractivity contribution in [3.05, 3.63) is 75.7 Å². The van der Waals surface area contributed by atoms with E-state index >= 15 is 0 Å². The highest BCUT2D eigenvalue weighted by Gasteiger charge is 2.12. The van der Waals surface area contributed by atoms with Gasteiger partial charge in [0.05, 0.1) is 11.4 Å². The lowest BCUT2D eigenvalue weighted by Crippen LogP contribution is -2.13. The van der Waals surface area contributed by atoms with Crippen LogP contribution < -0.4 is 5.32 Å². The van der Waals surface area contributed by atoms with Crippen molar-refractivity contribution in [3.63, 3.8) is 0 Å². The number of carbonyl (C=O) groups is 1. The van der Waals surface area contributed by atoms with Gasteiger partial charge in [0, 0.05) is 34.5 Å². The van der Waals surface area contributed by atoms with Gasteiger partial charge in [0.25, 0.3) is 0 Å². The summed E-state index contributed by atoms with van der Waals surface area (Å²) in [7, 11) is 0. The summed E-state index contributed by atoms with van der Waals surface area (Å²) in [5.74, 6) is 1.51. The smallest absolute Gasteiger partial charge is 0.227 e. The Balaban J connectivity index is 1.26. The zero-order chi connectivity index (χ0) is 22.5. The van der Waals surface area contributed by atoms with Gasteiger partial charge < -0.3 is 9.84 Å². The Morgan fingerprint density at radius 2 is 1.97 bits per heavy atom. The largest absolute Gasteiger partial charge is 0.339 e. The van der Waals surface area contributed by atoms with E-state index in [1.54, 1.807) is 23.1 Å². The molecule has 0 spiro atoms. The minimum Gasteiger partial charge on any atom is -0.339 e. The van der Waals surface area contributed by atoms with Crippen LogP contribution >= 0.6 is 34.7 Å². The summed E-state index contributed by atoms with van der Waals surface area (Å²) < 4.78 is 6.22. The molecule has 0 saturated heterocycles. The number of amides is 1. The Kier molecular flexibility index (Phi) is 7.24. The number of anilines is 1. The highest BCUT2D eigenvalue weighted by atomic mass is 35.5. The van der Waals surface area contributed by atoms with Crippen LogP contribution in [0.15, 0.2) is 56.7 Å². The first-order valence-corrected chi connectivity index (χ1v) is 12.2. The van der Waals surface area contributed by atoms with Crippen LogP contribution in [0.25, 0.3) is 11.3 Å². The molecule has 0 bridgehead atoms. The van der Waals surface area contributed by atoms with E-state index < -0.39 is 0 Å². The fourth-order valence-electron chi connectivity index (χ4n) is 2.96. The number of rotatable bonds is 8. The molecule has 1 N–H and O–H groups in total. The fourth-order valence-corrected chi connectivity index (χ4v) is 4.76. The number of nitrogens with zero attached hydrogens (tertiary/aromatic N) is 3. The maximum atomic E-state index is 12.3. The lowest BCUT2D eigenvalue weighted by atomic mass is 10.1. The number of carbonyl (C=O) groups excluding carboxylic acids is 1. The first kappa shape index (κ1) is 22.5. The molecular weight excluding hydrogens is 464 g/mol. The van der Waals surface area contributed by atoms with Gasteiger partial charge in [-0.2, -0.15) is 4.98 Å². The number of hydrogen-bond acceptors (Lipinski definition) is 7. The SMILES string of the molecule is Cc1ccc(C)c(NC(=O)CCc2nc(CSc3nc(-c4ccc(Cl)cc4)cs3)no2)c1. The maximum absolute atomic E-state index is 12.3.